The van der Waals surface area contributed by atoms with Crippen molar-refractivity contribution < 1.29 is 14.3 Å². The Hall–Kier alpha value is -2.20. The molecule has 3 aliphatic rings. The Labute approximate surface area is 189 Å². The summed E-state index contributed by atoms with van der Waals surface area (Å²) in [6.07, 6.45) is 7.56. The molecule has 2 aromatic rings. The SMILES string of the molecule is COC(=O)Cc1ccc2c(c1)N(CC1CCC1)C[C@@]1(CCCc3cc(Cl)ccc31)CO2. The summed E-state index contributed by atoms with van der Waals surface area (Å²) < 4.78 is 11.4. The van der Waals surface area contributed by atoms with Crippen LogP contribution in [0.25, 0.3) is 0 Å². The quantitative estimate of drug-likeness (QED) is 0.603. The monoisotopic (exact) mass is 439 g/mol. The smallest absolute Gasteiger partial charge is 0.309 e. The molecule has 2 aliphatic carbocycles. The molecule has 0 aromatic heterocycles. The zero-order valence-electron chi connectivity index (χ0n) is 18.2. The van der Waals surface area contributed by atoms with Crippen LogP contribution in [0.2, 0.25) is 5.02 Å². The van der Waals surface area contributed by atoms with Crippen molar-refractivity contribution in [3.63, 3.8) is 0 Å². The van der Waals surface area contributed by atoms with E-state index in [-0.39, 0.29) is 17.8 Å². The standard InChI is InChI=1S/C26H30ClNO3/c1-30-25(29)13-19-7-10-24-23(12-19)28(15-18-4-2-5-18)16-26(17-31-24)11-3-6-20-14-21(27)8-9-22(20)26/h7-10,12,14,18H,2-6,11,13,15-17H2,1H3/t26-/m0/s1. The van der Waals surface area contributed by atoms with E-state index in [9.17, 15) is 4.79 Å². The second-order valence-corrected chi connectivity index (χ2v) is 9.89. The van der Waals surface area contributed by atoms with E-state index in [4.69, 9.17) is 21.1 Å². The molecule has 0 N–H and O–H groups in total. The molecule has 0 radical (unpaired) electrons. The van der Waals surface area contributed by atoms with Gasteiger partial charge in [0.15, 0.2) is 0 Å². The van der Waals surface area contributed by atoms with E-state index >= 15 is 0 Å². The molecule has 0 unspecified atom stereocenters. The third-order valence-electron chi connectivity index (χ3n) is 7.38. The van der Waals surface area contributed by atoms with Crippen LogP contribution in [0.3, 0.4) is 0 Å². The van der Waals surface area contributed by atoms with Gasteiger partial charge in [0.2, 0.25) is 0 Å². The number of aryl methyl sites for hydroxylation is 1. The van der Waals surface area contributed by atoms with E-state index in [0.29, 0.717) is 6.61 Å². The van der Waals surface area contributed by atoms with Gasteiger partial charge in [-0.2, -0.15) is 0 Å². The minimum absolute atomic E-state index is 0.0382. The number of methoxy groups -OCH3 is 1. The number of ether oxygens (including phenoxy) is 2. The lowest BCUT2D eigenvalue weighted by Crippen LogP contribution is -2.47. The molecular formula is C26H30ClNO3. The Balaban J connectivity index is 1.53. The van der Waals surface area contributed by atoms with Crippen LogP contribution in [-0.2, 0) is 27.8 Å². The van der Waals surface area contributed by atoms with Gasteiger partial charge in [-0.3, -0.25) is 4.79 Å². The average Bonchev–Trinajstić information content (AvgIpc) is 2.88. The van der Waals surface area contributed by atoms with Gasteiger partial charge in [-0.25, -0.2) is 0 Å². The van der Waals surface area contributed by atoms with Crippen molar-refractivity contribution in [2.75, 3.05) is 31.7 Å². The highest BCUT2D eigenvalue weighted by Gasteiger charge is 2.42. The van der Waals surface area contributed by atoms with Gasteiger partial charge in [-0.05, 0) is 79.0 Å². The van der Waals surface area contributed by atoms with E-state index in [0.717, 1.165) is 60.3 Å². The molecule has 2 aromatic carbocycles. The first-order chi connectivity index (χ1) is 15.1. The number of fused-ring (bicyclic) bond motifs is 3. The number of carbonyl (C=O) groups excluding carboxylic acids is 1. The normalized spacial score (nSPS) is 22.7. The first-order valence-electron chi connectivity index (χ1n) is 11.4. The summed E-state index contributed by atoms with van der Waals surface area (Å²) in [6.45, 7) is 2.65. The summed E-state index contributed by atoms with van der Waals surface area (Å²) in [4.78, 5) is 14.4. The maximum absolute atomic E-state index is 11.9. The van der Waals surface area contributed by atoms with Crippen LogP contribution in [0.5, 0.6) is 5.75 Å². The molecule has 0 saturated heterocycles. The van der Waals surface area contributed by atoms with Crippen LogP contribution in [0.15, 0.2) is 36.4 Å². The zero-order valence-corrected chi connectivity index (χ0v) is 18.9. The van der Waals surface area contributed by atoms with E-state index < -0.39 is 0 Å². The van der Waals surface area contributed by atoms with Crippen molar-refractivity contribution in [1.29, 1.82) is 0 Å². The second-order valence-electron chi connectivity index (χ2n) is 9.46. The summed E-state index contributed by atoms with van der Waals surface area (Å²) in [6, 6.07) is 12.5. The highest BCUT2D eigenvalue weighted by atomic mass is 35.5. The van der Waals surface area contributed by atoms with Gasteiger partial charge >= 0.3 is 5.97 Å². The third kappa shape index (κ3) is 4.03. The minimum atomic E-state index is -0.213. The summed E-state index contributed by atoms with van der Waals surface area (Å²) in [5, 5.41) is 0.812. The number of carbonyl (C=O) groups is 1. The Morgan fingerprint density at radius 2 is 2.10 bits per heavy atom. The molecule has 1 saturated carbocycles. The molecule has 5 heteroatoms. The molecule has 4 nitrogen and oxygen atoms in total. The number of hydrogen-bond acceptors (Lipinski definition) is 4. The Bertz CT molecular complexity index is 987. The van der Waals surface area contributed by atoms with E-state index in [1.807, 2.05) is 18.2 Å². The number of benzene rings is 2. The van der Waals surface area contributed by atoms with Crippen molar-refractivity contribution >= 4 is 23.3 Å². The summed E-state index contributed by atoms with van der Waals surface area (Å²) in [7, 11) is 1.44. The molecule has 0 amide bonds. The third-order valence-corrected chi connectivity index (χ3v) is 7.62. The predicted molar refractivity (Wildman–Crippen MR) is 123 cm³/mol. The molecule has 1 spiro atoms. The Kier molecular flexibility index (Phi) is 5.60. The van der Waals surface area contributed by atoms with Gasteiger partial charge in [0.05, 0.1) is 25.8 Å². The fraction of sp³-hybridized carbons (Fsp3) is 0.500. The molecule has 1 aliphatic heterocycles. The highest BCUT2D eigenvalue weighted by molar-refractivity contribution is 6.30. The second kappa shape index (κ2) is 8.38. The van der Waals surface area contributed by atoms with E-state index in [1.54, 1.807) is 0 Å². The topological polar surface area (TPSA) is 38.8 Å². The molecule has 1 heterocycles. The van der Waals surface area contributed by atoms with Crippen molar-refractivity contribution in [1.82, 2.24) is 0 Å². The lowest BCUT2D eigenvalue weighted by Gasteiger charge is -2.42. The molecule has 164 valence electrons. The van der Waals surface area contributed by atoms with Crippen LogP contribution >= 0.6 is 11.6 Å². The zero-order chi connectivity index (χ0) is 21.4. The van der Waals surface area contributed by atoms with Crippen LogP contribution in [0.4, 0.5) is 5.69 Å². The van der Waals surface area contributed by atoms with Gasteiger partial charge in [0, 0.05) is 23.5 Å². The van der Waals surface area contributed by atoms with Crippen molar-refractivity contribution in [3.8, 4) is 5.75 Å². The summed E-state index contributed by atoms with van der Waals surface area (Å²) in [5.74, 6) is 1.45. The minimum Gasteiger partial charge on any atom is -0.490 e. The number of anilines is 1. The average molecular weight is 440 g/mol. The predicted octanol–water partition coefficient (Wildman–Crippen LogP) is 5.33. The van der Waals surface area contributed by atoms with Crippen molar-refractivity contribution in [2.24, 2.45) is 5.92 Å². The molecule has 5 rings (SSSR count). The van der Waals surface area contributed by atoms with Gasteiger partial charge < -0.3 is 14.4 Å². The fourth-order valence-electron chi connectivity index (χ4n) is 5.50. The summed E-state index contributed by atoms with van der Waals surface area (Å²) in [5.41, 5.74) is 4.81. The van der Waals surface area contributed by atoms with E-state index in [1.165, 1.54) is 37.5 Å². The highest BCUT2D eigenvalue weighted by Crippen LogP contribution is 2.45. The number of hydrogen-bond donors (Lipinski definition) is 0. The number of nitrogens with zero attached hydrogens (tertiary/aromatic N) is 1. The van der Waals surface area contributed by atoms with E-state index in [2.05, 4.69) is 23.1 Å². The van der Waals surface area contributed by atoms with Gasteiger partial charge in [-0.1, -0.05) is 30.2 Å². The Morgan fingerprint density at radius 1 is 1.23 bits per heavy atom. The maximum Gasteiger partial charge on any atom is 0.309 e. The van der Waals surface area contributed by atoms with Crippen LogP contribution in [-0.4, -0.2) is 32.8 Å². The molecule has 0 bridgehead atoms. The van der Waals surface area contributed by atoms with Crippen molar-refractivity contribution in [2.45, 2.75) is 50.4 Å². The molecule has 31 heavy (non-hydrogen) atoms. The largest absolute Gasteiger partial charge is 0.490 e. The lowest BCUT2D eigenvalue weighted by atomic mass is 9.70. The fourth-order valence-corrected chi connectivity index (χ4v) is 5.69. The Morgan fingerprint density at radius 3 is 2.87 bits per heavy atom. The number of halogens is 1. The van der Waals surface area contributed by atoms with Gasteiger partial charge in [-0.15, -0.1) is 0 Å². The van der Waals surface area contributed by atoms with Crippen molar-refractivity contribution in [3.05, 3.63) is 58.1 Å². The molecule has 1 atom stereocenters. The lowest BCUT2D eigenvalue weighted by molar-refractivity contribution is -0.139. The van der Waals surface area contributed by atoms with Gasteiger partial charge in [0.1, 0.15) is 5.75 Å². The number of rotatable bonds is 4. The summed E-state index contributed by atoms with van der Waals surface area (Å²) >= 11 is 6.32. The first kappa shape index (κ1) is 20.7. The first-order valence-corrected chi connectivity index (χ1v) is 11.8. The van der Waals surface area contributed by atoms with Crippen LogP contribution in [0.1, 0.15) is 48.8 Å². The molecular weight excluding hydrogens is 410 g/mol. The van der Waals surface area contributed by atoms with Gasteiger partial charge in [0.25, 0.3) is 0 Å². The molecule has 1 fully saturated rings. The van der Waals surface area contributed by atoms with Crippen LogP contribution < -0.4 is 9.64 Å². The maximum atomic E-state index is 11.9. The van der Waals surface area contributed by atoms with Crippen LogP contribution in [0, 0.1) is 5.92 Å². The number of esters is 1.